The molecule has 1 atom stereocenters. The largest absolute Gasteiger partial charge is 0.381 e. The predicted octanol–water partition coefficient (Wildman–Crippen LogP) is -0.785. The lowest BCUT2D eigenvalue weighted by Gasteiger charge is -2.19. The molecule has 0 fully saturated rings. The Kier molecular flexibility index (Phi) is 8.68. The summed E-state index contributed by atoms with van der Waals surface area (Å²) in [4.78, 5) is 17.8. The van der Waals surface area contributed by atoms with Crippen LogP contribution >= 0.6 is 7.60 Å². The number of nitrogens with two attached hydrogens (primary N) is 1. The molecule has 8 heteroatoms. The molecule has 0 rings (SSSR count). The van der Waals surface area contributed by atoms with Crippen molar-refractivity contribution in [2.45, 2.75) is 6.03 Å². The molecular weight excluding hydrogens is 235 g/mol. The van der Waals surface area contributed by atoms with Gasteiger partial charge in [-0.05, 0) is 0 Å². The van der Waals surface area contributed by atoms with Crippen molar-refractivity contribution in [2.24, 2.45) is 5.73 Å². The summed E-state index contributed by atoms with van der Waals surface area (Å²) in [7, 11) is -4.41. The van der Waals surface area contributed by atoms with Crippen LogP contribution in [0.1, 0.15) is 0 Å². The van der Waals surface area contributed by atoms with E-state index >= 15 is 0 Å². The van der Waals surface area contributed by atoms with Crippen LogP contribution in [-0.4, -0.2) is 48.7 Å². The molecule has 0 spiro atoms. The molecule has 0 aliphatic rings. The van der Waals surface area contributed by atoms with Crippen molar-refractivity contribution in [3.8, 4) is 0 Å². The van der Waals surface area contributed by atoms with Gasteiger partial charge in [0.05, 0.1) is 13.2 Å². The second kappa shape index (κ2) is 8.83. The number of hydrogen-bond acceptors (Lipinski definition) is 5. The highest BCUT2D eigenvalue weighted by Gasteiger charge is 2.30. The topological polar surface area (TPSA) is 114 Å². The Balaban J connectivity index is 3.84. The van der Waals surface area contributed by atoms with Crippen LogP contribution in [0, 0.1) is 0 Å². The Bertz CT molecular complexity index is 232. The van der Waals surface area contributed by atoms with E-state index in [1.54, 1.807) is 6.08 Å². The first-order valence-corrected chi connectivity index (χ1v) is 6.50. The van der Waals surface area contributed by atoms with Crippen LogP contribution in [0.4, 0.5) is 0 Å². The highest BCUT2D eigenvalue weighted by atomic mass is 31.2. The zero-order chi connectivity index (χ0) is 12.4. The van der Waals surface area contributed by atoms with Gasteiger partial charge in [-0.1, -0.05) is 6.08 Å². The van der Waals surface area contributed by atoms with Gasteiger partial charge in [0.2, 0.25) is 0 Å². The van der Waals surface area contributed by atoms with Crippen molar-refractivity contribution < 1.29 is 23.8 Å². The minimum Gasteiger partial charge on any atom is -0.341 e. The molecule has 0 bridgehead atoms. The van der Waals surface area contributed by atoms with Crippen LogP contribution in [0.3, 0.4) is 0 Å². The Hall–Kier alpha value is -0.270. The summed E-state index contributed by atoms with van der Waals surface area (Å²) in [5, 5.41) is 2.92. The Morgan fingerprint density at radius 1 is 1.44 bits per heavy atom. The Labute approximate surface area is 94.8 Å². The predicted molar refractivity (Wildman–Crippen MR) is 59.9 cm³/mol. The summed E-state index contributed by atoms with van der Waals surface area (Å²) in [6.07, 6.45) is 1.67. The molecule has 0 saturated heterocycles. The van der Waals surface area contributed by atoms with E-state index in [1.807, 2.05) is 0 Å². The van der Waals surface area contributed by atoms with Gasteiger partial charge in [-0.2, -0.15) is 0 Å². The van der Waals surface area contributed by atoms with Crippen LogP contribution in [0.2, 0.25) is 0 Å². The molecule has 0 radical (unpaired) electrons. The summed E-state index contributed by atoms with van der Waals surface area (Å²) in [5.74, 6) is 0. The van der Waals surface area contributed by atoms with Gasteiger partial charge in [-0.3, -0.25) is 4.57 Å². The van der Waals surface area contributed by atoms with Crippen molar-refractivity contribution in [3.05, 3.63) is 12.7 Å². The minimum atomic E-state index is -4.41. The average Bonchev–Trinajstić information content (AvgIpc) is 2.20. The van der Waals surface area contributed by atoms with E-state index < -0.39 is 13.6 Å². The number of ether oxygens (including phenoxy) is 2. The van der Waals surface area contributed by atoms with Gasteiger partial charge in [-0.25, -0.2) is 0 Å². The van der Waals surface area contributed by atoms with Crippen LogP contribution in [0.25, 0.3) is 0 Å². The lowest BCUT2D eigenvalue weighted by molar-refractivity contribution is -0.0975. The molecule has 1 unspecified atom stereocenters. The van der Waals surface area contributed by atoms with Gasteiger partial charge in [-0.15, -0.1) is 6.58 Å². The van der Waals surface area contributed by atoms with E-state index in [9.17, 15) is 4.57 Å². The van der Waals surface area contributed by atoms with Gasteiger partial charge in [0.1, 0.15) is 0 Å². The lowest BCUT2D eigenvalue weighted by atomic mass is 10.6. The SMILES string of the molecule is C=CCNCCOC(OCCN)P(=O)(O)O. The highest BCUT2D eigenvalue weighted by molar-refractivity contribution is 7.52. The quantitative estimate of drug-likeness (QED) is 0.175. The second-order valence-corrected chi connectivity index (χ2v) is 4.52. The first kappa shape index (κ1) is 15.7. The third-order valence-electron chi connectivity index (χ3n) is 1.48. The van der Waals surface area contributed by atoms with E-state index in [4.69, 9.17) is 25.0 Å². The fraction of sp³-hybridized carbons (Fsp3) is 0.750. The smallest absolute Gasteiger partial charge is 0.341 e. The van der Waals surface area contributed by atoms with Crippen LogP contribution in [0.15, 0.2) is 12.7 Å². The molecule has 0 amide bonds. The molecule has 0 aromatic heterocycles. The standard InChI is InChI=1S/C8H19N2O5P/c1-2-4-10-5-7-15-8(14-6-3-9)16(11,12)13/h2,8,10H,1,3-7,9H2,(H2,11,12,13). The van der Waals surface area contributed by atoms with Crippen LogP contribution in [-0.2, 0) is 14.0 Å². The molecule has 0 aliphatic carbocycles. The maximum atomic E-state index is 10.9. The minimum absolute atomic E-state index is 0.0376. The summed E-state index contributed by atoms with van der Waals surface area (Å²) >= 11 is 0. The first-order chi connectivity index (χ1) is 7.52. The Morgan fingerprint density at radius 2 is 2.06 bits per heavy atom. The molecule has 7 nitrogen and oxygen atoms in total. The number of hydrogen-bond donors (Lipinski definition) is 4. The van der Waals surface area contributed by atoms with Gasteiger partial charge in [0, 0.05) is 19.6 Å². The van der Waals surface area contributed by atoms with Crippen molar-refractivity contribution >= 4 is 7.60 Å². The fourth-order valence-corrected chi connectivity index (χ4v) is 1.45. The van der Waals surface area contributed by atoms with Gasteiger partial charge >= 0.3 is 7.60 Å². The zero-order valence-corrected chi connectivity index (χ0v) is 9.94. The molecule has 0 aliphatic heterocycles. The zero-order valence-electron chi connectivity index (χ0n) is 9.04. The molecule has 0 saturated carbocycles. The number of nitrogens with one attached hydrogen (secondary N) is 1. The lowest BCUT2D eigenvalue weighted by Crippen LogP contribution is -2.26. The molecular formula is C8H19N2O5P. The summed E-state index contributed by atoms with van der Waals surface area (Å²) in [5.41, 5.74) is 5.16. The fourth-order valence-electron chi connectivity index (χ4n) is 0.847. The summed E-state index contributed by atoms with van der Waals surface area (Å²) in [6.45, 7) is 4.91. The van der Waals surface area contributed by atoms with E-state index in [-0.39, 0.29) is 19.8 Å². The third kappa shape index (κ3) is 7.95. The monoisotopic (exact) mass is 254 g/mol. The third-order valence-corrected chi connectivity index (χ3v) is 2.33. The second-order valence-electron chi connectivity index (χ2n) is 2.92. The molecule has 0 heterocycles. The van der Waals surface area contributed by atoms with E-state index in [0.29, 0.717) is 13.1 Å². The molecule has 0 aromatic rings. The van der Waals surface area contributed by atoms with E-state index in [1.165, 1.54) is 0 Å². The molecule has 0 aromatic carbocycles. The van der Waals surface area contributed by atoms with Crippen molar-refractivity contribution in [1.29, 1.82) is 0 Å². The van der Waals surface area contributed by atoms with Crippen LogP contribution < -0.4 is 11.1 Å². The van der Waals surface area contributed by atoms with Gasteiger partial charge in [0.15, 0.2) is 0 Å². The summed E-state index contributed by atoms with van der Waals surface area (Å²) < 4.78 is 20.6. The maximum Gasteiger partial charge on any atom is 0.381 e. The average molecular weight is 254 g/mol. The Morgan fingerprint density at radius 3 is 2.56 bits per heavy atom. The normalized spacial score (nSPS) is 13.7. The van der Waals surface area contributed by atoms with Crippen LogP contribution in [0.5, 0.6) is 0 Å². The summed E-state index contributed by atoms with van der Waals surface area (Å²) in [6, 6.07) is -1.54. The molecule has 16 heavy (non-hydrogen) atoms. The molecule has 96 valence electrons. The van der Waals surface area contributed by atoms with E-state index in [2.05, 4.69) is 11.9 Å². The van der Waals surface area contributed by atoms with Crippen molar-refractivity contribution in [3.63, 3.8) is 0 Å². The van der Waals surface area contributed by atoms with E-state index in [0.717, 1.165) is 0 Å². The van der Waals surface area contributed by atoms with Crippen molar-refractivity contribution in [1.82, 2.24) is 5.32 Å². The first-order valence-electron chi connectivity index (χ1n) is 4.82. The number of rotatable bonds is 10. The van der Waals surface area contributed by atoms with Crippen molar-refractivity contribution in [2.75, 3.05) is 32.8 Å². The maximum absolute atomic E-state index is 10.9. The van der Waals surface area contributed by atoms with Gasteiger partial charge < -0.3 is 30.3 Å². The molecule has 5 N–H and O–H groups in total. The highest BCUT2D eigenvalue weighted by Crippen LogP contribution is 2.42. The van der Waals surface area contributed by atoms with Gasteiger partial charge in [0.25, 0.3) is 6.03 Å².